The van der Waals surface area contributed by atoms with Crippen LogP contribution in [-0.2, 0) is 39.9 Å². The zero-order chi connectivity index (χ0) is 14.5. The van der Waals surface area contributed by atoms with Crippen molar-refractivity contribution in [3.63, 3.8) is 0 Å². The van der Waals surface area contributed by atoms with Crippen molar-refractivity contribution in [3.05, 3.63) is 34.9 Å². The van der Waals surface area contributed by atoms with E-state index in [1.807, 2.05) is 11.9 Å². The average Bonchev–Trinajstić information content (AvgIpc) is 2.97. The van der Waals surface area contributed by atoms with Gasteiger partial charge in [-0.2, -0.15) is 23.4 Å². The molecule has 0 spiro atoms. The Morgan fingerprint density at radius 3 is 2.65 bits per heavy atom. The van der Waals surface area contributed by atoms with Crippen molar-refractivity contribution in [2.75, 3.05) is 0 Å². The van der Waals surface area contributed by atoms with E-state index in [1.165, 1.54) is 17.9 Å². The molecule has 0 aliphatic carbocycles. The Morgan fingerprint density at radius 1 is 1.25 bits per heavy atom. The highest BCUT2D eigenvalue weighted by Crippen LogP contribution is 2.32. The Labute approximate surface area is 113 Å². The van der Waals surface area contributed by atoms with Crippen LogP contribution in [0.4, 0.5) is 13.2 Å². The van der Waals surface area contributed by atoms with Gasteiger partial charge in [-0.3, -0.25) is 14.3 Å². The molecule has 0 N–H and O–H groups in total. The van der Waals surface area contributed by atoms with Crippen molar-refractivity contribution in [3.8, 4) is 0 Å². The van der Waals surface area contributed by atoms with Gasteiger partial charge < -0.3 is 0 Å². The SMILES string of the molecule is Cn1cc(CN2Cc3cnn(C)c3C2)c(C(F)(F)F)n1. The minimum absolute atomic E-state index is 0.209. The van der Waals surface area contributed by atoms with Gasteiger partial charge in [0.15, 0.2) is 5.69 Å². The van der Waals surface area contributed by atoms with Gasteiger partial charge in [0.25, 0.3) is 0 Å². The van der Waals surface area contributed by atoms with Crippen molar-refractivity contribution in [1.29, 1.82) is 0 Å². The molecule has 0 bridgehead atoms. The number of fused-ring (bicyclic) bond motifs is 1. The summed E-state index contributed by atoms with van der Waals surface area (Å²) < 4.78 is 41.7. The normalized spacial score (nSPS) is 15.8. The summed E-state index contributed by atoms with van der Waals surface area (Å²) in [7, 11) is 3.34. The predicted molar refractivity (Wildman–Crippen MR) is 64.4 cm³/mol. The van der Waals surface area contributed by atoms with Gasteiger partial charge >= 0.3 is 6.18 Å². The van der Waals surface area contributed by atoms with Crippen molar-refractivity contribution in [2.45, 2.75) is 25.8 Å². The van der Waals surface area contributed by atoms with Crippen LogP contribution in [0.15, 0.2) is 12.4 Å². The minimum Gasteiger partial charge on any atom is -0.289 e. The van der Waals surface area contributed by atoms with Crippen LogP contribution in [0, 0.1) is 0 Å². The van der Waals surface area contributed by atoms with Crippen LogP contribution in [0.25, 0.3) is 0 Å². The monoisotopic (exact) mass is 285 g/mol. The van der Waals surface area contributed by atoms with E-state index in [0.717, 1.165) is 11.3 Å². The summed E-state index contributed by atoms with van der Waals surface area (Å²) in [6.07, 6.45) is -1.21. The molecule has 0 saturated carbocycles. The smallest absolute Gasteiger partial charge is 0.289 e. The first-order valence-electron chi connectivity index (χ1n) is 6.16. The number of nitrogens with zero attached hydrogens (tertiary/aromatic N) is 5. The van der Waals surface area contributed by atoms with E-state index in [2.05, 4.69) is 10.2 Å². The largest absolute Gasteiger partial charge is 0.435 e. The van der Waals surface area contributed by atoms with Crippen molar-refractivity contribution < 1.29 is 13.2 Å². The van der Waals surface area contributed by atoms with Crippen LogP contribution in [0.3, 0.4) is 0 Å². The highest BCUT2D eigenvalue weighted by molar-refractivity contribution is 5.24. The molecule has 0 aromatic carbocycles. The molecule has 0 atom stereocenters. The number of aromatic nitrogens is 4. The van der Waals surface area contributed by atoms with Gasteiger partial charge in [0.05, 0.1) is 11.9 Å². The lowest BCUT2D eigenvalue weighted by molar-refractivity contribution is -0.142. The molecule has 5 nitrogen and oxygen atoms in total. The third-order valence-corrected chi connectivity index (χ3v) is 3.48. The Hall–Kier alpha value is -1.83. The highest BCUT2D eigenvalue weighted by atomic mass is 19.4. The van der Waals surface area contributed by atoms with Gasteiger partial charge in [0, 0.05) is 51.1 Å². The van der Waals surface area contributed by atoms with Gasteiger partial charge in [-0.15, -0.1) is 0 Å². The minimum atomic E-state index is -4.41. The molecule has 0 fully saturated rings. The topological polar surface area (TPSA) is 38.9 Å². The molecular formula is C12H14F3N5. The first-order chi connectivity index (χ1) is 9.34. The highest BCUT2D eigenvalue weighted by Gasteiger charge is 2.37. The molecule has 3 rings (SSSR count). The average molecular weight is 285 g/mol. The fraction of sp³-hybridized carbons (Fsp3) is 0.500. The first-order valence-corrected chi connectivity index (χ1v) is 6.16. The molecule has 2 aromatic rings. The maximum Gasteiger partial charge on any atom is 0.435 e. The second kappa shape index (κ2) is 4.34. The summed E-state index contributed by atoms with van der Waals surface area (Å²) in [6, 6.07) is 0. The maximum atomic E-state index is 12.9. The molecule has 8 heteroatoms. The number of rotatable bonds is 2. The van der Waals surface area contributed by atoms with E-state index in [0.29, 0.717) is 13.1 Å². The molecule has 0 radical (unpaired) electrons. The van der Waals surface area contributed by atoms with Crippen LogP contribution in [-0.4, -0.2) is 24.5 Å². The molecule has 1 aliphatic rings. The summed E-state index contributed by atoms with van der Waals surface area (Å²) >= 11 is 0. The third kappa shape index (κ3) is 2.20. The Morgan fingerprint density at radius 2 is 2.00 bits per heavy atom. The summed E-state index contributed by atoms with van der Waals surface area (Å²) in [4.78, 5) is 1.96. The molecule has 0 unspecified atom stereocenters. The van der Waals surface area contributed by atoms with Crippen molar-refractivity contribution >= 4 is 0 Å². The number of hydrogen-bond acceptors (Lipinski definition) is 3. The molecule has 2 aromatic heterocycles. The van der Waals surface area contributed by atoms with Crippen molar-refractivity contribution in [1.82, 2.24) is 24.5 Å². The van der Waals surface area contributed by atoms with Crippen LogP contribution >= 0.6 is 0 Å². The summed E-state index contributed by atoms with van der Waals surface area (Å²) in [5.41, 5.74) is 1.54. The van der Waals surface area contributed by atoms with Gasteiger partial charge in [0.2, 0.25) is 0 Å². The zero-order valence-electron chi connectivity index (χ0n) is 11.1. The van der Waals surface area contributed by atoms with Gasteiger partial charge in [0.1, 0.15) is 0 Å². The molecule has 1 aliphatic heterocycles. The lowest BCUT2D eigenvalue weighted by Gasteiger charge is -2.15. The Bertz CT molecular complexity index is 640. The molecule has 0 saturated heterocycles. The third-order valence-electron chi connectivity index (χ3n) is 3.48. The number of alkyl halides is 3. The van der Waals surface area contributed by atoms with Crippen LogP contribution in [0.1, 0.15) is 22.5 Å². The zero-order valence-corrected chi connectivity index (χ0v) is 11.1. The van der Waals surface area contributed by atoms with E-state index >= 15 is 0 Å². The van der Waals surface area contributed by atoms with E-state index in [9.17, 15) is 13.2 Å². The molecular weight excluding hydrogens is 271 g/mol. The summed E-state index contributed by atoms with van der Waals surface area (Å²) in [5.74, 6) is 0. The fourth-order valence-electron chi connectivity index (χ4n) is 2.60. The van der Waals surface area contributed by atoms with E-state index in [-0.39, 0.29) is 12.1 Å². The van der Waals surface area contributed by atoms with Crippen molar-refractivity contribution in [2.24, 2.45) is 14.1 Å². The lowest BCUT2D eigenvalue weighted by atomic mass is 10.2. The van der Waals surface area contributed by atoms with Crippen LogP contribution < -0.4 is 0 Å². The molecule has 0 amide bonds. The quantitative estimate of drug-likeness (QED) is 0.843. The second-order valence-electron chi connectivity index (χ2n) is 5.06. The number of aryl methyl sites for hydroxylation is 2. The standard InChI is InChI=1S/C12H14F3N5/c1-18-4-9(11(17-18)12(13,14)15)6-20-5-8-3-16-19(2)10(8)7-20/h3-4H,5-7H2,1-2H3. The van der Waals surface area contributed by atoms with E-state index in [4.69, 9.17) is 0 Å². The molecule has 20 heavy (non-hydrogen) atoms. The van der Waals surface area contributed by atoms with Crippen LogP contribution in [0.2, 0.25) is 0 Å². The number of hydrogen-bond donors (Lipinski definition) is 0. The van der Waals surface area contributed by atoms with Crippen LogP contribution in [0.5, 0.6) is 0 Å². The Kier molecular flexibility index (Phi) is 2.86. The first kappa shape index (κ1) is 13.2. The maximum absolute atomic E-state index is 12.9. The summed E-state index contributed by atoms with van der Waals surface area (Å²) in [6.45, 7) is 1.46. The van der Waals surface area contributed by atoms with Gasteiger partial charge in [-0.05, 0) is 0 Å². The van der Waals surface area contributed by atoms with E-state index in [1.54, 1.807) is 10.9 Å². The predicted octanol–water partition coefficient (Wildman–Crippen LogP) is 1.69. The number of halogens is 3. The Balaban J connectivity index is 1.80. The van der Waals surface area contributed by atoms with E-state index < -0.39 is 11.9 Å². The van der Waals surface area contributed by atoms with Gasteiger partial charge in [-0.25, -0.2) is 0 Å². The molecule has 3 heterocycles. The lowest BCUT2D eigenvalue weighted by Crippen LogP contribution is -2.19. The summed E-state index contributed by atoms with van der Waals surface area (Å²) in [5, 5.41) is 7.66. The van der Waals surface area contributed by atoms with Gasteiger partial charge in [-0.1, -0.05) is 0 Å². The fourth-order valence-corrected chi connectivity index (χ4v) is 2.60. The second-order valence-corrected chi connectivity index (χ2v) is 5.06. The molecule has 108 valence electrons.